The molecule has 0 saturated carbocycles. The Kier molecular flexibility index (Phi) is 5.92. The minimum absolute atomic E-state index is 0.166. The van der Waals surface area contributed by atoms with Gasteiger partial charge in [0.2, 0.25) is 0 Å². The molecule has 1 aliphatic rings. The summed E-state index contributed by atoms with van der Waals surface area (Å²) in [6, 6.07) is 19.0. The SMILES string of the molecule is CC1CCN(c2ccc([C@@H](C)NC(=S)Nc3ccccc3)cc2)CC1. The van der Waals surface area contributed by atoms with Crippen LogP contribution in [0.15, 0.2) is 54.6 Å². The molecule has 3 rings (SSSR count). The van der Waals surface area contributed by atoms with E-state index in [0.717, 1.165) is 11.6 Å². The summed E-state index contributed by atoms with van der Waals surface area (Å²) in [5.41, 5.74) is 3.57. The zero-order valence-electron chi connectivity index (χ0n) is 15.0. The van der Waals surface area contributed by atoms with E-state index in [1.54, 1.807) is 0 Å². The van der Waals surface area contributed by atoms with E-state index in [1.807, 2.05) is 30.3 Å². The molecule has 2 aromatic carbocycles. The van der Waals surface area contributed by atoms with Gasteiger partial charge in [0.1, 0.15) is 0 Å². The fraction of sp³-hybridized carbons (Fsp3) is 0.381. The van der Waals surface area contributed by atoms with Crippen molar-refractivity contribution in [2.75, 3.05) is 23.3 Å². The fourth-order valence-corrected chi connectivity index (χ4v) is 3.50. The lowest BCUT2D eigenvalue weighted by Gasteiger charge is -2.32. The minimum Gasteiger partial charge on any atom is -0.372 e. The van der Waals surface area contributed by atoms with Crippen molar-refractivity contribution in [3.05, 3.63) is 60.2 Å². The van der Waals surface area contributed by atoms with E-state index < -0.39 is 0 Å². The third-order valence-electron chi connectivity index (χ3n) is 4.92. The predicted octanol–water partition coefficient (Wildman–Crippen LogP) is 4.97. The zero-order chi connectivity index (χ0) is 17.6. The van der Waals surface area contributed by atoms with Crippen molar-refractivity contribution < 1.29 is 0 Å². The second-order valence-corrected chi connectivity index (χ2v) is 7.36. The van der Waals surface area contributed by atoms with Crippen molar-refractivity contribution >= 4 is 28.7 Å². The molecular formula is C21H27N3S. The number of nitrogens with one attached hydrogen (secondary N) is 2. The van der Waals surface area contributed by atoms with Gasteiger partial charge >= 0.3 is 0 Å². The molecule has 2 aromatic rings. The van der Waals surface area contributed by atoms with Crippen molar-refractivity contribution in [2.45, 2.75) is 32.7 Å². The third kappa shape index (κ3) is 4.95. The lowest BCUT2D eigenvalue weighted by Crippen LogP contribution is -2.33. The summed E-state index contributed by atoms with van der Waals surface area (Å²) in [6.45, 7) is 6.81. The Balaban J connectivity index is 1.55. The molecule has 0 aliphatic carbocycles. The van der Waals surface area contributed by atoms with Gasteiger partial charge in [-0.25, -0.2) is 0 Å². The maximum atomic E-state index is 5.42. The van der Waals surface area contributed by atoms with Crippen LogP contribution in [0.4, 0.5) is 11.4 Å². The Morgan fingerprint density at radius 3 is 2.32 bits per heavy atom. The summed E-state index contributed by atoms with van der Waals surface area (Å²) in [6.07, 6.45) is 2.58. The van der Waals surface area contributed by atoms with Gasteiger partial charge in [0.25, 0.3) is 0 Å². The molecule has 1 saturated heterocycles. The number of para-hydroxylation sites is 1. The average molecular weight is 354 g/mol. The molecule has 4 heteroatoms. The molecule has 0 unspecified atom stereocenters. The average Bonchev–Trinajstić information content (AvgIpc) is 2.63. The van der Waals surface area contributed by atoms with Gasteiger partial charge in [-0.15, -0.1) is 0 Å². The summed E-state index contributed by atoms with van der Waals surface area (Å²) < 4.78 is 0. The van der Waals surface area contributed by atoms with Crippen LogP contribution in [0.1, 0.15) is 38.3 Å². The Labute approximate surface area is 156 Å². The molecule has 1 fully saturated rings. The molecule has 1 aliphatic heterocycles. The highest BCUT2D eigenvalue weighted by Gasteiger charge is 2.16. The second kappa shape index (κ2) is 8.34. The summed E-state index contributed by atoms with van der Waals surface area (Å²) in [5, 5.41) is 7.22. The van der Waals surface area contributed by atoms with Gasteiger partial charge in [0, 0.05) is 24.5 Å². The maximum absolute atomic E-state index is 5.42. The van der Waals surface area contributed by atoms with Crippen molar-refractivity contribution in [1.29, 1.82) is 0 Å². The highest BCUT2D eigenvalue weighted by Crippen LogP contribution is 2.24. The van der Waals surface area contributed by atoms with E-state index in [0.29, 0.717) is 5.11 Å². The first kappa shape index (κ1) is 17.7. The van der Waals surface area contributed by atoms with E-state index in [4.69, 9.17) is 12.2 Å². The summed E-state index contributed by atoms with van der Waals surface area (Å²) >= 11 is 5.42. The molecule has 1 heterocycles. The Hall–Kier alpha value is -2.07. The highest BCUT2D eigenvalue weighted by atomic mass is 32.1. The summed E-state index contributed by atoms with van der Waals surface area (Å²) in [4.78, 5) is 2.49. The van der Waals surface area contributed by atoms with E-state index in [9.17, 15) is 0 Å². The van der Waals surface area contributed by atoms with Crippen LogP contribution >= 0.6 is 12.2 Å². The summed E-state index contributed by atoms with van der Waals surface area (Å²) in [7, 11) is 0. The number of hydrogen-bond acceptors (Lipinski definition) is 2. The van der Waals surface area contributed by atoms with Crippen LogP contribution in [0.3, 0.4) is 0 Å². The minimum atomic E-state index is 0.166. The van der Waals surface area contributed by atoms with Crippen LogP contribution in [0, 0.1) is 5.92 Å². The van der Waals surface area contributed by atoms with Gasteiger partial charge in [0.05, 0.1) is 6.04 Å². The predicted molar refractivity (Wildman–Crippen MR) is 111 cm³/mol. The van der Waals surface area contributed by atoms with Gasteiger partial charge in [0.15, 0.2) is 5.11 Å². The van der Waals surface area contributed by atoms with E-state index in [1.165, 1.54) is 37.2 Å². The number of benzene rings is 2. The molecule has 132 valence electrons. The standard InChI is InChI=1S/C21H27N3S/c1-16-12-14-24(15-13-16)20-10-8-18(9-11-20)17(2)22-21(25)23-19-6-4-3-5-7-19/h3-11,16-17H,12-15H2,1-2H3,(H2,22,23,25)/t17-/m1/s1. The molecule has 1 atom stereocenters. The van der Waals surface area contributed by atoms with Crippen molar-refractivity contribution in [1.82, 2.24) is 5.32 Å². The van der Waals surface area contributed by atoms with E-state index in [-0.39, 0.29) is 6.04 Å². The molecule has 0 aromatic heterocycles. The third-order valence-corrected chi connectivity index (χ3v) is 5.14. The zero-order valence-corrected chi connectivity index (χ0v) is 15.9. The van der Waals surface area contributed by atoms with Gasteiger partial charge in [-0.2, -0.15) is 0 Å². The number of thiocarbonyl (C=S) groups is 1. The Morgan fingerprint density at radius 2 is 1.68 bits per heavy atom. The molecule has 0 spiro atoms. The maximum Gasteiger partial charge on any atom is 0.171 e. The molecular weight excluding hydrogens is 326 g/mol. The van der Waals surface area contributed by atoms with Gasteiger partial charge < -0.3 is 15.5 Å². The quantitative estimate of drug-likeness (QED) is 0.759. The molecule has 0 radical (unpaired) electrons. The van der Waals surface area contributed by atoms with Crippen molar-refractivity contribution in [2.24, 2.45) is 5.92 Å². The van der Waals surface area contributed by atoms with Gasteiger partial charge in [-0.3, -0.25) is 0 Å². The smallest absolute Gasteiger partial charge is 0.171 e. The van der Waals surface area contributed by atoms with Crippen LogP contribution < -0.4 is 15.5 Å². The monoisotopic (exact) mass is 353 g/mol. The topological polar surface area (TPSA) is 27.3 Å². The van der Waals surface area contributed by atoms with Crippen molar-refractivity contribution in [3.8, 4) is 0 Å². The van der Waals surface area contributed by atoms with Crippen LogP contribution in [0.5, 0.6) is 0 Å². The molecule has 2 N–H and O–H groups in total. The van der Waals surface area contributed by atoms with Crippen molar-refractivity contribution in [3.63, 3.8) is 0 Å². The lowest BCUT2D eigenvalue weighted by atomic mass is 9.98. The number of piperidine rings is 1. The normalized spacial score (nSPS) is 16.3. The fourth-order valence-electron chi connectivity index (χ4n) is 3.21. The molecule has 0 bridgehead atoms. The van der Waals surface area contributed by atoms with Gasteiger partial charge in [-0.05, 0) is 67.7 Å². The number of hydrogen-bond donors (Lipinski definition) is 2. The molecule has 0 amide bonds. The van der Waals surface area contributed by atoms with Crippen LogP contribution in [0.2, 0.25) is 0 Å². The van der Waals surface area contributed by atoms with Crippen LogP contribution in [0.25, 0.3) is 0 Å². The first-order chi connectivity index (χ1) is 12.1. The number of rotatable bonds is 4. The Morgan fingerprint density at radius 1 is 1.04 bits per heavy atom. The first-order valence-electron chi connectivity index (χ1n) is 9.09. The van der Waals surface area contributed by atoms with Crippen LogP contribution in [-0.4, -0.2) is 18.2 Å². The Bertz CT molecular complexity index is 676. The largest absolute Gasteiger partial charge is 0.372 e. The van der Waals surface area contributed by atoms with Crippen LogP contribution in [-0.2, 0) is 0 Å². The van der Waals surface area contributed by atoms with Gasteiger partial charge in [-0.1, -0.05) is 37.3 Å². The van der Waals surface area contributed by atoms with E-state index >= 15 is 0 Å². The second-order valence-electron chi connectivity index (χ2n) is 6.95. The molecule has 3 nitrogen and oxygen atoms in total. The summed E-state index contributed by atoms with van der Waals surface area (Å²) in [5.74, 6) is 0.859. The molecule has 25 heavy (non-hydrogen) atoms. The number of nitrogens with zero attached hydrogens (tertiary/aromatic N) is 1. The first-order valence-corrected chi connectivity index (χ1v) is 9.50. The number of anilines is 2. The van der Waals surface area contributed by atoms with E-state index in [2.05, 4.69) is 53.6 Å². The lowest BCUT2D eigenvalue weighted by molar-refractivity contribution is 0.438. The highest BCUT2D eigenvalue weighted by molar-refractivity contribution is 7.80.